The number of nitrogens with one attached hydrogen (secondary N) is 3. The minimum Gasteiger partial charge on any atom is -0.486 e. The maximum absolute atomic E-state index is 12.0. The van der Waals surface area contributed by atoms with Gasteiger partial charge >= 0.3 is 6.03 Å². The summed E-state index contributed by atoms with van der Waals surface area (Å²) >= 11 is 7.24. The van der Waals surface area contributed by atoms with Crippen LogP contribution in [0.4, 0.5) is 10.5 Å². The number of amides is 2. The number of hydrogen-bond donors (Lipinski definition) is 3. The fourth-order valence-corrected chi connectivity index (χ4v) is 4.68. The molecule has 0 spiro atoms. The number of urea groups is 1. The first-order valence-corrected chi connectivity index (χ1v) is 11.5. The van der Waals surface area contributed by atoms with E-state index < -0.39 is 0 Å². The van der Waals surface area contributed by atoms with Crippen molar-refractivity contribution in [2.45, 2.75) is 30.9 Å². The molecule has 9 heteroatoms. The highest BCUT2D eigenvalue weighted by atomic mass is 32.2. The number of rotatable bonds is 7. The van der Waals surface area contributed by atoms with Gasteiger partial charge in [0.2, 0.25) is 0 Å². The molecule has 2 aliphatic rings. The summed E-state index contributed by atoms with van der Waals surface area (Å²) in [7, 11) is 2.17. The van der Waals surface area contributed by atoms with Crippen LogP contribution in [0.15, 0.2) is 18.2 Å². The van der Waals surface area contributed by atoms with Crippen molar-refractivity contribution in [2.24, 2.45) is 0 Å². The Morgan fingerprint density at radius 2 is 1.83 bits per heavy atom. The molecule has 0 bridgehead atoms. The molecular formula is C20H30N4O3S2. The zero-order valence-electron chi connectivity index (χ0n) is 16.9. The molecular weight excluding hydrogens is 408 g/mol. The molecule has 1 saturated heterocycles. The van der Waals surface area contributed by atoms with Gasteiger partial charge in [0.25, 0.3) is 0 Å². The number of thioether (sulfide) groups is 1. The van der Waals surface area contributed by atoms with Crippen LogP contribution in [0, 0.1) is 0 Å². The van der Waals surface area contributed by atoms with Crippen molar-refractivity contribution >= 4 is 40.0 Å². The number of ether oxygens (including phenoxy) is 2. The summed E-state index contributed by atoms with van der Waals surface area (Å²) in [5, 5.41) is 9.66. The molecule has 2 aliphatic heterocycles. The quantitative estimate of drug-likeness (QED) is 0.446. The SMILES string of the molecule is CN1CCC(SC(=S)NCCCCNC(=O)Nc2ccc3c(c2)OCCO3)CC1. The summed E-state index contributed by atoms with van der Waals surface area (Å²) in [6, 6.07) is 5.17. The highest BCUT2D eigenvalue weighted by Crippen LogP contribution is 2.32. The van der Waals surface area contributed by atoms with Gasteiger partial charge in [0.15, 0.2) is 11.5 Å². The zero-order chi connectivity index (χ0) is 20.5. The van der Waals surface area contributed by atoms with E-state index in [9.17, 15) is 4.79 Å². The fraction of sp³-hybridized carbons (Fsp3) is 0.600. The van der Waals surface area contributed by atoms with Crippen LogP contribution in [0.25, 0.3) is 0 Å². The van der Waals surface area contributed by atoms with Gasteiger partial charge < -0.3 is 30.3 Å². The van der Waals surface area contributed by atoms with Crippen LogP contribution in [0.3, 0.4) is 0 Å². The van der Waals surface area contributed by atoms with Crippen molar-refractivity contribution in [2.75, 3.05) is 51.8 Å². The number of anilines is 1. The Morgan fingerprint density at radius 1 is 1.14 bits per heavy atom. The van der Waals surface area contributed by atoms with E-state index in [1.54, 1.807) is 23.9 Å². The first-order chi connectivity index (χ1) is 14.1. The van der Waals surface area contributed by atoms with Crippen LogP contribution in [0.5, 0.6) is 11.5 Å². The molecule has 160 valence electrons. The van der Waals surface area contributed by atoms with Crippen LogP contribution >= 0.6 is 24.0 Å². The molecule has 3 N–H and O–H groups in total. The smallest absolute Gasteiger partial charge is 0.319 e. The molecule has 2 amide bonds. The number of unbranched alkanes of at least 4 members (excludes halogenated alkanes) is 1. The first kappa shape index (κ1) is 22.0. The molecule has 1 aromatic carbocycles. The van der Waals surface area contributed by atoms with Crippen LogP contribution in [-0.4, -0.2) is 66.9 Å². The normalized spacial score (nSPS) is 16.9. The van der Waals surface area contributed by atoms with Gasteiger partial charge in [-0.1, -0.05) is 24.0 Å². The van der Waals surface area contributed by atoms with Gasteiger partial charge in [-0.05, 0) is 58.0 Å². The average Bonchev–Trinajstić information content (AvgIpc) is 2.72. The van der Waals surface area contributed by atoms with E-state index in [1.807, 2.05) is 6.07 Å². The van der Waals surface area contributed by atoms with Crippen LogP contribution in [0.1, 0.15) is 25.7 Å². The number of carbonyl (C=O) groups is 1. The summed E-state index contributed by atoms with van der Waals surface area (Å²) in [6.45, 7) is 4.84. The average molecular weight is 439 g/mol. The molecule has 29 heavy (non-hydrogen) atoms. The monoisotopic (exact) mass is 438 g/mol. The van der Waals surface area contributed by atoms with Gasteiger partial charge in [0.05, 0.1) is 0 Å². The standard InChI is InChI=1S/C20H30N4O3S2/c1-24-10-6-16(7-11-24)29-20(28)22-9-3-2-8-21-19(25)23-15-4-5-17-18(14-15)27-13-12-26-17/h4-5,14,16H,2-3,6-13H2,1H3,(H,22,28)(H2,21,23,25). The Bertz CT molecular complexity index is 696. The number of thiocarbonyl (C=S) groups is 1. The third-order valence-corrected chi connectivity index (χ3v) is 6.49. The number of likely N-dealkylation sites (tertiary alicyclic amines) is 1. The predicted octanol–water partition coefficient (Wildman–Crippen LogP) is 3.06. The molecule has 0 radical (unpaired) electrons. The first-order valence-electron chi connectivity index (χ1n) is 10.2. The van der Waals surface area contributed by atoms with E-state index in [0.29, 0.717) is 42.2 Å². The molecule has 0 unspecified atom stereocenters. The Kier molecular flexibility index (Phi) is 8.69. The molecule has 0 aromatic heterocycles. The number of piperidine rings is 1. The van der Waals surface area contributed by atoms with Crippen molar-refractivity contribution in [3.63, 3.8) is 0 Å². The van der Waals surface area contributed by atoms with Crippen molar-refractivity contribution in [3.8, 4) is 11.5 Å². The third-order valence-electron chi connectivity index (χ3n) is 4.90. The minimum atomic E-state index is -0.219. The Hall–Kier alpha value is -1.71. The predicted molar refractivity (Wildman–Crippen MR) is 122 cm³/mol. The zero-order valence-corrected chi connectivity index (χ0v) is 18.5. The number of fused-ring (bicyclic) bond motifs is 1. The van der Waals surface area contributed by atoms with Crippen LogP contribution in [-0.2, 0) is 0 Å². The van der Waals surface area contributed by atoms with Crippen LogP contribution in [0.2, 0.25) is 0 Å². The lowest BCUT2D eigenvalue weighted by Crippen LogP contribution is -2.33. The molecule has 1 aromatic rings. The van der Waals surface area contributed by atoms with Crippen LogP contribution < -0.4 is 25.4 Å². The van der Waals surface area contributed by atoms with Gasteiger partial charge in [0.1, 0.15) is 17.5 Å². The largest absolute Gasteiger partial charge is 0.486 e. The second-order valence-corrected chi connectivity index (χ2v) is 9.26. The Morgan fingerprint density at radius 3 is 2.59 bits per heavy atom. The Labute approximate surface area is 182 Å². The highest BCUT2D eigenvalue weighted by Gasteiger charge is 2.18. The Balaban J connectivity index is 1.23. The lowest BCUT2D eigenvalue weighted by molar-refractivity contribution is 0.171. The molecule has 0 atom stereocenters. The molecule has 3 rings (SSSR count). The highest BCUT2D eigenvalue weighted by molar-refractivity contribution is 8.23. The van der Waals surface area contributed by atoms with Gasteiger partial charge in [0, 0.05) is 30.1 Å². The maximum atomic E-state index is 12.0. The second kappa shape index (κ2) is 11.5. The molecule has 0 saturated carbocycles. The molecule has 1 fully saturated rings. The second-order valence-electron chi connectivity index (χ2n) is 7.28. The number of nitrogens with zero attached hydrogens (tertiary/aromatic N) is 1. The molecule has 0 aliphatic carbocycles. The van der Waals surface area contributed by atoms with E-state index in [-0.39, 0.29) is 6.03 Å². The summed E-state index contributed by atoms with van der Waals surface area (Å²) in [4.78, 5) is 14.4. The maximum Gasteiger partial charge on any atom is 0.319 e. The van der Waals surface area contributed by atoms with E-state index in [1.165, 1.54) is 12.8 Å². The number of hydrogen-bond acceptors (Lipinski definition) is 6. The van der Waals surface area contributed by atoms with E-state index in [0.717, 1.165) is 36.8 Å². The van der Waals surface area contributed by atoms with Gasteiger partial charge in [-0.3, -0.25) is 0 Å². The number of benzene rings is 1. The van der Waals surface area contributed by atoms with E-state index >= 15 is 0 Å². The van der Waals surface area contributed by atoms with Gasteiger partial charge in [-0.15, -0.1) is 0 Å². The van der Waals surface area contributed by atoms with E-state index in [4.69, 9.17) is 21.7 Å². The van der Waals surface area contributed by atoms with E-state index in [2.05, 4.69) is 27.9 Å². The summed E-state index contributed by atoms with van der Waals surface area (Å²) in [6.07, 6.45) is 4.25. The molecule has 2 heterocycles. The lowest BCUT2D eigenvalue weighted by atomic mass is 10.1. The van der Waals surface area contributed by atoms with Crippen molar-refractivity contribution in [1.29, 1.82) is 0 Å². The van der Waals surface area contributed by atoms with Gasteiger partial charge in [-0.25, -0.2) is 4.79 Å². The third kappa shape index (κ3) is 7.56. The summed E-state index contributed by atoms with van der Waals surface area (Å²) < 4.78 is 11.9. The number of carbonyl (C=O) groups excluding carboxylic acids is 1. The fourth-order valence-electron chi connectivity index (χ4n) is 3.23. The summed E-state index contributed by atoms with van der Waals surface area (Å²) in [5.41, 5.74) is 0.685. The van der Waals surface area contributed by atoms with Crippen molar-refractivity contribution in [3.05, 3.63) is 18.2 Å². The van der Waals surface area contributed by atoms with Crippen molar-refractivity contribution < 1.29 is 14.3 Å². The minimum absolute atomic E-state index is 0.219. The van der Waals surface area contributed by atoms with Crippen molar-refractivity contribution in [1.82, 2.24) is 15.5 Å². The lowest BCUT2D eigenvalue weighted by Gasteiger charge is -2.28. The molecule has 7 nitrogen and oxygen atoms in total. The van der Waals surface area contributed by atoms with Gasteiger partial charge in [-0.2, -0.15) is 0 Å². The topological polar surface area (TPSA) is 74.9 Å². The summed E-state index contributed by atoms with van der Waals surface area (Å²) in [5.74, 6) is 1.37.